The van der Waals surface area contributed by atoms with Crippen molar-refractivity contribution in [1.82, 2.24) is 0 Å². The molecule has 1 aliphatic rings. The summed E-state index contributed by atoms with van der Waals surface area (Å²) in [5.41, 5.74) is 5.52. The average molecular weight is 324 g/mol. The van der Waals surface area contributed by atoms with Crippen molar-refractivity contribution in [3.8, 4) is 5.75 Å². The third kappa shape index (κ3) is 4.85. The molecule has 1 aliphatic carbocycles. The molecular weight excluding hydrogens is 296 g/mol. The minimum atomic E-state index is 0.500. The van der Waals surface area contributed by atoms with Gasteiger partial charge in [0.15, 0.2) is 0 Å². The van der Waals surface area contributed by atoms with Crippen molar-refractivity contribution in [2.45, 2.75) is 52.1 Å². The molecule has 0 bridgehead atoms. The van der Waals surface area contributed by atoms with E-state index < -0.39 is 0 Å². The van der Waals surface area contributed by atoms with E-state index in [1.807, 2.05) is 0 Å². The van der Waals surface area contributed by atoms with Crippen LogP contribution in [0.4, 0.5) is 0 Å². The van der Waals surface area contributed by atoms with Crippen LogP contribution in [0.15, 0.2) is 42.5 Å². The van der Waals surface area contributed by atoms with Crippen LogP contribution in [0.3, 0.4) is 0 Å². The molecule has 24 heavy (non-hydrogen) atoms. The summed E-state index contributed by atoms with van der Waals surface area (Å²) in [6.45, 7) is 8.00. The number of hydrogen-bond acceptors (Lipinski definition) is 2. The Balaban J connectivity index is 1.58. The summed E-state index contributed by atoms with van der Waals surface area (Å²) in [5.74, 6) is 1.47. The van der Waals surface area contributed by atoms with Crippen LogP contribution in [0.25, 0.3) is 0 Å². The molecule has 0 atom stereocenters. The first-order valence-corrected chi connectivity index (χ1v) is 9.04. The Morgan fingerprint density at radius 1 is 1.00 bits per heavy atom. The molecular formula is C22H28O2. The summed E-state index contributed by atoms with van der Waals surface area (Å²) in [7, 11) is 0. The van der Waals surface area contributed by atoms with E-state index in [-0.39, 0.29) is 0 Å². The number of ether oxygens (including phenoxy) is 2. The Hall–Kier alpha value is -1.80. The molecule has 2 aromatic rings. The summed E-state index contributed by atoms with van der Waals surface area (Å²) in [6, 6.07) is 15.3. The topological polar surface area (TPSA) is 18.5 Å². The standard InChI is InChI=1S/C22H28O2/c1-16(2)22-11-4-17(3)14-19(22)15-18-5-7-20(8-6-18)23-12-13-24-21-9-10-21/h4-8,11,14,16,21H,9-10,12-13,15H2,1-3H3. The average Bonchev–Trinajstić information content (AvgIpc) is 3.37. The normalized spacial score (nSPS) is 14.2. The number of rotatable bonds is 8. The van der Waals surface area contributed by atoms with Gasteiger partial charge in [-0.1, -0.05) is 49.7 Å². The summed E-state index contributed by atoms with van der Waals surface area (Å²) in [4.78, 5) is 0. The monoisotopic (exact) mass is 324 g/mol. The number of hydrogen-bond donors (Lipinski definition) is 0. The Bertz CT molecular complexity index is 654. The van der Waals surface area contributed by atoms with Crippen molar-refractivity contribution in [2.24, 2.45) is 0 Å². The lowest BCUT2D eigenvalue weighted by atomic mass is 9.91. The molecule has 0 spiro atoms. The van der Waals surface area contributed by atoms with Gasteiger partial charge in [0.2, 0.25) is 0 Å². The van der Waals surface area contributed by atoms with Crippen molar-refractivity contribution in [2.75, 3.05) is 13.2 Å². The van der Waals surface area contributed by atoms with E-state index in [4.69, 9.17) is 9.47 Å². The molecule has 0 heterocycles. The van der Waals surface area contributed by atoms with Crippen molar-refractivity contribution >= 4 is 0 Å². The minimum Gasteiger partial charge on any atom is -0.491 e. The van der Waals surface area contributed by atoms with Gasteiger partial charge in [0.25, 0.3) is 0 Å². The maximum atomic E-state index is 5.75. The smallest absolute Gasteiger partial charge is 0.119 e. The minimum absolute atomic E-state index is 0.500. The highest BCUT2D eigenvalue weighted by Crippen LogP contribution is 2.25. The van der Waals surface area contributed by atoms with Crippen LogP contribution in [0, 0.1) is 6.92 Å². The molecule has 0 aliphatic heterocycles. The summed E-state index contributed by atoms with van der Waals surface area (Å²) >= 11 is 0. The second-order valence-corrected chi connectivity index (χ2v) is 7.10. The van der Waals surface area contributed by atoms with Gasteiger partial charge in [-0.25, -0.2) is 0 Å². The van der Waals surface area contributed by atoms with Gasteiger partial charge in [0.05, 0.1) is 12.7 Å². The Morgan fingerprint density at radius 2 is 1.75 bits per heavy atom. The molecule has 0 aromatic heterocycles. The zero-order chi connectivity index (χ0) is 16.9. The molecule has 0 radical (unpaired) electrons. The zero-order valence-corrected chi connectivity index (χ0v) is 15.0. The van der Waals surface area contributed by atoms with Gasteiger partial charge in [-0.3, -0.25) is 0 Å². The SMILES string of the molecule is Cc1ccc(C(C)C)c(Cc2ccc(OCCOC3CC3)cc2)c1. The largest absolute Gasteiger partial charge is 0.491 e. The first-order chi connectivity index (χ1) is 11.6. The van der Waals surface area contributed by atoms with Crippen LogP contribution in [-0.4, -0.2) is 19.3 Å². The van der Waals surface area contributed by atoms with Crippen LogP contribution in [0.1, 0.15) is 54.9 Å². The van der Waals surface area contributed by atoms with Gasteiger partial charge in [0, 0.05) is 0 Å². The Morgan fingerprint density at radius 3 is 2.42 bits per heavy atom. The van der Waals surface area contributed by atoms with Crippen LogP contribution in [-0.2, 0) is 11.2 Å². The maximum Gasteiger partial charge on any atom is 0.119 e. The fraction of sp³-hybridized carbons (Fsp3) is 0.455. The molecule has 0 unspecified atom stereocenters. The fourth-order valence-electron chi connectivity index (χ4n) is 2.98. The van der Waals surface area contributed by atoms with Crippen molar-refractivity contribution in [3.05, 3.63) is 64.7 Å². The van der Waals surface area contributed by atoms with E-state index in [0.717, 1.165) is 12.2 Å². The van der Waals surface area contributed by atoms with E-state index in [0.29, 0.717) is 25.2 Å². The lowest BCUT2D eigenvalue weighted by Gasteiger charge is -2.14. The van der Waals surface area contributed by atoms with Crippen LogP contribution >= 0.6 is 0 Å². The van der Waals surface area contributed by atoms with E-state index >= 15 is 0 Å². The summed E-state index contributed by atoms with van der Waals surface area (Å²) < 4.78 is 11.3. The first kappa shape index (κ1) is 17.0. The van der Waals surface area contributed by atoms with Gasteiger partial charge < -0.3 is 9.47 Å². The lowest BCUT2D eigenvalue weighted by Crippen LogP contribution is -2.07. The van der Waals surface area contributed by atoms with E-state index in [9.17, 15) is 0 Å². The van der Waals surface area contributed by atoms with E-state index in [2.05, 4.69) is 63.2 Å². The molecule has 1 fully saturated rings. The van der Waals surface area contributed by atoms with Crippen molar-refractivity contribution in [1.29, 1.82) is 0 Å². The number of benzene rings is 2. The van der Waals surface area contributed by atoms with Gasteiger partial charge >= 0.3 is 0 Å². The van der Waals surface area contributed by atoms with Gasteiger partial charge in [0.1, 0.15) is 12.4 Å². The second-order valence-electron chi connectivity index (χ2n) is 7.10. The highest BCUT2D eigenvalue weighted by atomic mass is 16.5. The predicted octanol–water partition coefficient (Wildman–Crippen LogP) is 5.27. The third-order valence-corrected chi connectivity index (χ3v) is 4.47. The van der Waals surface area contributed by atoms with E-state index in [1.54, 1.807) is 0 Å². The summed E-state index contributed by atoms with van der Waals surface area (Å²) in [6.07, 6.45) is 3.90. The number of aryl methyl sites for hydroxylation is 1. The molecule has 0 amide bonds. The Labute approximate surface area is 145 Å². The lowest BCUT2D eigenvalue weighted by molar-refractivity contribution is 0.0881. The van der Waals surface area contributed by atoms with Crippen LogP contribution < -0.4 is 4.74 Å². The van der Waals surface area contributed by atoms with Crippen LogP contribution in [0.5, 0.6) is 5.75 Å². The highest BCUT2D eigenvalue weighted by molar-refractivity contribution is 5.38. The summed E-state index contributed by atoms with van der Waals surface area (Å²) in [5, 5.41) is 0. The Kier molecular flexibility index (Phi) is 5.57. The van der Waals surface area contributed by atoms with Gasteiger partial charge in [-0.15, -0.1) is 0 Å². The molecule has 3 rings (SSSR count). The third-order valence-electron chi connectivity index (χ3n) is 4.47. The highest BCUT2D eigenvalue weighted by Gasteiger charge is 2.21. The fourth-order valence-corrected chi connectivity index (χ4v) is 2.98. The molecule has 0 saturated heterocycles. The first-order valence-electron chi connectivity index (χ1n) is 9.04. The zero-order valence-electron chi connectivity index (χ0n) is 15.0. The molecule has 2 heteroatoms. The molecule has 2 nitrogen and oxygen atoms in total. The molecule has 1 saturated carbocycles. The van der Waals surface area contributed by atoms with Crippen molar-refractivity contribution in [3.63, 3.8) is 0 Å². The second kappa shape index (κ2) is 7.85. The van der Waals surface area contributed by atoms with Crippen LogP contribution in [0.2, 0.25) is 0 Å². The van der Waals surface area contributed by atoms with E-state index in [1.165, 1.54) is 35.1 Å². The molecule has 128 valence electrons. The maximum absolute atomic E-state index is 5.75. The molecule has 2 aromatic carbocycles. The molecule has 0 N–H and O–H groups in total. The van der Waals surface area contributed by atoms with Crippen molar-refractivity contribution < 1.29 is 9.47 Å². The van der Waals surface area contributed by atoms with Gasteiger partial charge in [-0.2, -0.15) is 0 Å². The van der Waals surface area contributed by atoms with Gasteiger partial charge in [-0.05, 0) is 60.9 Å². The quantitative estimate of drug-likeness (QED) is 0.616. The predicted molar refractivity (Wildman–Crippen MR) is 99.0 cm³/mol.